The highest BCUT2D eigenvalue weighted by atomic mass is 14.8. The van der Waals surface area contributed by atoms with Crippen LogP contribution in [0.3, 0.4) is 0 Å². The first-order valence-corrected chi connectivity index (χ1v) is 7.79. The number of benzene rings is 1. The maximum Gasteiger partial charge on any atom is -0.00141 e. The predicted octanol–water partition coefficient (Wildman–Crippen LogP) is 4.75. The standard InChI is InChI=1S/C18H27N/c1-3-13-19-14-5-6-15(2)16-9-11-18(12-10-16)17-7-4-8-17/h6,9-12,17,19H,3-5,7-8,13-14H2,1-2H3/b15-6-. The van der Waals surface area contributed by atoms with Gasteiger partial charge in [-0.15, -0.1) is 0 Å². The van der Waals surface area contributed by atoms with E-state index in [2.05, 4.69) is 49.5 Å². The minimum atomic E-state index is 0.844. The Morgan fingerprint density at radius 2 is 1.95 bits per heavy atom. The van der Waals surface area contributed by atoms with Crippen molar-refractivity contribution < 1.29 is 0 Å². The third-order valence-corrected chi connectivity index (χ3v) is 4.14. The van der Waals surface area contributed by atoms with Gasteiger partial charge in [0.25, 0.3) is 0 Å². The van der Waals surface area contributed by atoms with E-state index in [1.807, 2.05) is 0 Å². The van der Waals surface area contributed by atoms with E-state index >= 15 is 0 Å². The first-order valence-electron chi connectivity index (χ1n) is 7.79. The van der Waals surface area contributed by atoms with Gasteiger partial charge in [-0.2, -0.15) is 0 Å². The lowest BCUT2D eigenvalue weighted by Gasteiger charge is -2.25. The summed E-state index contributed by atoms with van der Waals surface area (Å²) in [6.45, 7) is 6.64. The monoisotopic (exact) mass is 257 g/mol. The van der Waals surface area contributed by atoms with Gasteiger partial charge in [-0.05, 0) is 68.3 Å². The highest BCUT2D eigenvalue weighted by Crippen LogP contribution is 2.36. The van der Waals surface area contributed by atoms with Gasteiger partial charge in [-0.25, -0.2) is 0 Å². The summed E-state index contributed by atoms with van der Waals surface area (Å²) in [5.41, 5.74) is 4.31. The largest absolute Gasteiger partial charge is 0.316 e. The fourth-order valence-corrected chi connectivity index (χ4v) is 2.57. The van der Waals surface area contributed by atoms with E-state index in [1.165, 1.54) is 42.4 Å². The van der Waals surface area contributed by atoms with Gasteiger partial charge in [0.2, 0.25) is 0 Å². The average molecular weight is 257 g/mol. The quantitative estimate of drug-likeness (QED) is 0.695. The molecule has 104 valence electrons. The summed E-state index contributed by atoms with van der Waals surface area (Å²) in [5.74, 6) is 0.844. The summed E-state index contributed by atoms with van der Waals surface area (Å²) in [6.07, 6.45) is 8.87. The summed E-state index contributed by atoms with van der Waals surface area (Å²) >= 11 is 0. The molecule has 1 aliphatic carbocycles. The highest BCUT2D eigenvalue weighted by Gasteiger charge is 2.18. The minimum Gasteiger partial charge on any atom is -0.316 e. The van der Waals surface area contributed by atoms with Gasteiger partial charge in [0, 0.05) is 0 Å². The van der Waals surface area contributed by atoms with E-state index in [0.29, 0.717) is 0 Å². The molecule has 0 unspecified atom stereocenters. The molecule has 1 heteroatoms. The molecule has 0 aliphatic heterocycles. The van der Waals surface area contributed by atoms with Crippen LogP contribution in [-0.2, 0) is 0 Å². The molecule has 1 aliphatic rings. The van der Waals surface area contributed by atoms with Crippen molar-refractivity contribution in [2.75, 3.05) is 13.1 Å². The second-order valence-corrected chi connectivity index (χ2v) is 5.68. The first-order chi connectivity index (χ1) is 9.31. The van der Waals surface area contributed by atoms with Crippen LogP contribution in [0.2, 0.25) is 0 Å². The second kappa shape index (κ2) is 7.49. The van der Waals surface area contributed by atoms with Crippen molar-refractivity contribution >= 4 is 5.57 Å². The first kappa shape index (κ1) is 14.3. The van der Waals surface area contributed by atoms with Gasteiger partial charge in [-0.3, -0.25) is 0 Å². The smallest absolute Gasteiger partial charge is 0.00141 e. The zero-order chi connectivity index (χ0) is 13.5. The zero-order valence-electron chi connectivity index (χ0n) is 12.4. The molecule has 1 N–H and O–H groups in total. The van der Waals surface area contributed by atoms with E-state index in [1.54, 1.807) is 0 Å². The molecule has 0 saturated heterocycles. The van der Waals surface area contributed by atoms with Crippen LogP contribution in [0.15, 0.2) is 30.3 Å². The maximum absolute atomic E-state index is 3.44. The number of allylic oxidation sites excluding steroid dienone is 1. The molecule has 1 aromatic rings. The van der Waals surface area contributed by atoms with Crippen molar-refractivity contribution in [3.05, 3.63) is 41.5 Å². The van der Waals surface area contributed by atoms with Gasteiger partial charge < -0.3 is 5.32 Å². The van der Waals surface area contributed by atoms with Crippen LogP contribution in [0.25, 0.3) is 5.57 Å². The molecule has 1 aromatic carbocycles. The SMILES string of the molecule is CCCNCC/C=C(/C)c1ccc(C2CCC2)cc1. The van der Waals surface area contributed by atoms with Crippen LogP contribution >= 0.6 is 0 Å². The Balaban J connectivity index is 1.84. The lowest BCUT2D eigenvalue weighted by Crippen LogP contribution is -2.15. The fourth-order valence-electron chi connectivity index (χ4n) is 2.57. The van der Waals surface area contributed by atoms with Crippen LogP contribution in [0.4, 0.5) is 0 Å². The van der Waals surface area contributed by atoms with E-state index in [9.17, 15) is 0 Å². The average Bonchev–Trinajstić information content (AvgIpc) is 2.37. The second-order valence-electron chi connectivity index (χ2n) is 5.68. The Morgan fingerprint density at radius 1 is 1.21 bits per heavy atom. The molecule has 0 heterocycles. The zero-order valence-corrected chi connectivity index (χ0v) is 12.4. The van der Waals surface area contributed by atoms with Gasteiger partial charge in [0.05, 0.1) is 0 Å². The molecule has 2 rings (SSSR count). The topological polar surface area (TPSA) is 12.0 Å². The third kappa shape index (κ3) is 4.21. The van der Waals surface area contributed by atoms with Crippen molar-refractivity contribution in [3.63, 3.8) is 0 Å². The van der Waals surface area contributed by atoms with Gasteiger partial charge in [-0.1, -0.05) is 43.7 Å². The number of nitrogens with one attached hydrogen (secondary N) is 1. The normalized spacial score (nSPS) is 16.4. The van der Waals surface area contributed by atoms with Crippen molar-refractivity contribution in [2.45, 2.75) is 51.9 Å². The molecule has 0 aromatic heterocycles. The van der Waals surface area contributed by atoms with Gasteiger partial charge in [0.15, 0.2) is 0 Å². The van der Waals surface area contributed by atoms with Gasteiger partial charge in [0.1, 0.15) is 0 Å². The number of hydrogen-bond acceptors (Lipinski definition) is 1. The van der Waals surface area contributed by atoms with Crippen LogP contribution in [0.5, 0.6) is 0 Å². The van der Waals surface area contributed by atoms with E-state index in [-0.39, 0.29) is 0 Å². The maximum atomic E-state index is 3.44. The molecule has 0 bridgehead atoms. The van der Waals surface area contributed by atoms with Crippen molar-refractivity contribution in [3.8, 4) is 0 Å². The Morgan fingerprint density at radius 3 is 2.53 bits per heavy atom. The summed E-state index contributed by atoms with van der Waals surface area (Å²) in [4.78, 5) is 0. The fraction of sp³-hybridized carbons (Fsp3) is 0.556. The molecular weight excluding hydrogens is 230 g/mol. The Kier molecular flexibility index (Phi) is 5.65. The lowest BCUT2D eigenvalue weighted by molar-refractivity contribution is 0.420. The summed E-state index contributed by atoms with van der Waals surface area (Å²) in [6, 6.07) is 9.23. The highest BCUT2D eigenvalue weighted by molar-refractivity contribution is 5.63. The van der Waals surface area contributed by atoms with Crippen molar-refractivity contribution in [1.82, 2.24) is 5.32 Å². The summed E-state index contributed by atoms with van der Waals surface area (Å²) in [7, 11) is 0. The Bertz CT molecular complexity index is 398. The van der Waals surface area contributed by atoms with Crippen molar-refractivity contribution in [1.29, 1.82) is 0 Å². The lowest BCUT2D eigenvalue weighted by atomic mass is 9.80. The third-order valence-electron chi connectivity index (χ3n) is 4.14. The van der Waals surface area contributed by atoms with E-state index in [4.69, 9.17) is 0 Å². The molecule has 1 saturated carbocycles. The molecule has 19 heavy (non-hydrogen) atoms. The molecule has 1 fully saturated rings. The molecular formula is C18H27N. The molecule has 1 nitrogen and oxygen atoms in total. The van der Waals surface area contributed by atoms with E-state index in [0.717, 1.165) is 25.4 Å². The van der Waals surface area contributed by atoms with Crippen LogP contribution in [0, 0.1) is 0 Å². The Labute approximate surface area is 118 Å². The number of hydrogen-bond donors (Lipinski definition) is 1. The van der Waals surface area contributed by atoms with Crippen LogP contribution in [-0.4, -0.2) is 13.1 Å². The molecule has 0 atom stereocenters. The van der Waals surface area contributed by atoms with E-state index < -0.39 is 0 Å². The van der Waals surface area contributed by atoms with Crippen molar-refractivity contribution in [2.24, 2.45) is 0 Å². The minimum absolute atomic E-state index is 0.844. The number of rotatable bonds is 7. The predicted molar refractivity (Wildman–Crippen MR) is 84.5 cm³/mol. The molecule has 0 radical (unpaired) electrons. The summed E-state index contributed by atoms with van der Waals surface area (Å²) in [5, 5.41) is 3.44. The van der Waals surface area contributed by atoms with Crippen LogP contribution in [0.1, 0.15) is 63.0 Å². The molecule has 0 amide bonds. The van der Waals surface area contributed by atoms with Crippen LogP contribution < -0.4 is 5.32 Å². The molecule has 0 spiro atoms. The Hall–Kier alpha value is -1.08. The summed E-state index contributed by atoms with van der Waals surface area (Å²) < 4.78 is 0. The van der Waals surface area contributed by atoms with Gasteiger partial charge >= 0.3 is 0 Å².